The molecule has 0 saturated carbocycles. The molecule has 2 heteroatoms. The van der Waals surface area contributed by atoms with Gasteiger partial charge in [-0.3, -0.25) is 0 Å². The fourth-order valence-corrected chi connectivity index (χ4v) is 2.47. The van der Waals surface area contributed by atoms with Gasteiger partial charge in [0.25, 0.3) is 0 Å². The molecule has 0 saturated heterocycles. The van der Waals surface area contributed by atoms with Gasteiger partial charge >= 0.3 is 0 Å². The molecule has 0 unspecified atom stereocenters. The molecule has 0 spiro atoms. The topological polar surface area (TPSA) is 24.1 Å². The number of allylic oxidation sites excluding steroid dienone is 2. The van der Waals surface area contributed by atoms with Crippen molar-refractivity contribution >= 4 is 0 Å². The molecule has 1 aliphatic carbocycles. The Bertz CT molecular complexity index is 285. The zero-order valence-electron chi connectivity index (χ0n) is 13.6. The Labute approximate surface area is 114 Å². The molecule has 0 radical (unpaired) electrons. The summed E-state index contributed by atoms with van der Waals surface area (Å²) in [4.78, 5) is 0. The van der Waals surface area contributed by atoms with Crippen LogP contribution in [0.2, 0.25) is 0 Å². The second-order valence-electron chi connectivity index (χ2n) is 8.12. The zero-order chi connectivity index (χ0) is 14.1. The Morgan fingerprint density at radius 3 is 1.39 bits per heavy atom. The smallest absolute Gasteiger partial charge is 0.0306 e. The molecule has 0 bridgehead atoms. The van der Waals surface area contributed by atoms with Crippen LogP contribution in [0.1, 0.15) is 68.2 Å². The van der Waals surface area contributed by atoms with E-state index < -0.39 is 0 Å². The fourth-order valence-electron chi connectivity index (χ4n) is 2.47. The lowest BCUT2D eigenvalue weighted by Crippen LogP contribution is -2.39. The molecule has 2 N–H and O–H groups in total. The van der Waals surface area contributed by atoms with Crippen LogP contribution in [0.25, 0.3) is 0 Å². The molecule has 1 rings (SSSR count). The van der Waals surface area contributed by atoms with Crippen molar-refractivity contribution in [2.75, 3.05) is 0 Å². The normalized spacial score (nSPS) is 18.7. The van der Waals surface area contributed by atoms with Crippen LogP contribution in [0.5, 0.6) is 0 Å². The average Bonchev–Trinajstić information content (AvgIpc) is 2.42. The molecule has 106 valence electrons. The molecule has 0 aromatic carbocycles. The van der Waals surface area contributed by atoms with Crippen molar-refractivity contribution < 1.29 is 0 Å². The van der Waals surface area contributed by atoms with E-state index in [1.54, 1.807) is 0 Å². The highest BCUT2D eigenvalue weighted by atomic mass is 15.0. The molecule has 0 aromatic heterocycles. The second-order valence-corrected chi connectivity index (χ2v) is 8.12. The number of rotatable bonds is 3. The Morgan fingerprint density at radius 2 is 1.17 bits per heavy atom. The highest BCUT2D eigenvalue weighted by Gasteiger charge is 2.30. The van der Waals surface area contributed by atoms with Crippen molar-refractivity contribution in [2.24, 2.45) is 11.8 Å². The first-order chi connectivity index (χ1) is 7.98. The first-order valence-corrected chi connectivity index (χ1v) is 7.26. The minimum atomic E-state index is 0.145. The molecule has 0 aliphatic heterocycles. The number of hydrogen-bond acceptors (Lipinski definition) is 2. The molecular weight excluding hydrogens is 220 g/mol. The van der Waals surface area contributed by atoms with Gasteiger partial charge in [0.1, 0.15) is 0 Å². The maximum absolute atomic E-state index is 3.69. The Hall–Kier alpha value is -0.660. The Morgan fingerprint density at radius 1 is 0.833 bits per heavy atom. The lowest BCUT2D eigenvalue weighted by atomic mass is 9.93. The largest absolute Gasteiger partial charge is 0.382 e. The highest BCUT2D eigenvalue weighted by Crippen LogP contribution is 2.35. The van der Waals surface area contributed by atoms with E-state index in [2.05, 4.69) is 66.0 Å². The van der Waals surface area contributed by atoms with E-state index in [1.807, 2.05) is 0 Å². The van der Waals surface area contributed by atoms with Gasteiger partial charge in [-0.1, -0.05) is 13.8 Å². The lowest BCUT2D eigenvalue weighted by Gasteiger charge is -2.28. The first-order valence-electron chi connectivity index (χ1n) is 7.26. The van der Waals surface area contributed by atoms with Gasteiger partial charge in [-0.05, 0) is 66.2 Å². The molecule has 1 aliphatic rings. The first kappa shape index (κ1) is 15.4. The average molecular weight is 252 g/mol. The van der Waals surface area contributed by atoms with Crippen LogP contribution in [0.3, 0.4) is 0 Å². The predicted octanol–water partition coefficient (Wildman–Crippen LogP) is 4.04. The molecule has 0 atom stereocenters. The molecule has 2 nitrogen and oxygen atoms in total. The maximum Gasteiger partial charge on any atom is 0.0306 e. The van der Waals surface area contributed by atoms with E-state index in [9.17, 15) is 0 Å². The standard InChI is InChI=1S/C16H32N2/c1-11(2)12-9-13(17-15(3,4)5)14(10-12)18-16(6,7)8/h11-12,17-18H,9-10H2,1-8H3. The van der Waals surface area contributed by atoms with Crippen LogP contribution in [-0.4, -0.2) is 11.1 Å². The lowest BCUT2D eigenvalue weighted by molar-refractivity contribution is 0.378. The summed E-state index contributed by atoms with van der Waals surface area (Å²) in [5.74, 6) is 1.53. The molecule has 0 aromatic rings. The quantitative estimate of drug-likeness (QED) is 0.792. The van der Waals surface area contributed by atoms with Gasteiger partial charge in [0.05, 0.1) is 0 Å². The monoisotopic (exact) mass is 252 g/mol. The van der Waals surface area contributed by atoms with Crippen LogP contribution < -0.4 is 10.6 Å². The predicted molar refractivity (Wildman–Crippen MR) is 80.4 cm³/mol. The van der Waals surface area contributed by atoms with Crippen molar-refractivity contribution in [3.05, 3.63) is 11.4 Å². The van der Waals surface area contributed by atoms with Crippen molar-refractivity contribution in [3.8, 4) is 0 Å². The van der Waals surface area contributed by atoms with Crippen LogP contribution in [0.15, 0.2) is 11.4 Å². The summed E-state index contributed by atoms with van der Waals surface area (Å²) in [6.45, 7) is 18.1. The van der Waals surface area contributed by atoms with E-state index >= 15 is 0 Å². The SMILES string of the molecule is CC(C)C1CC(NC(C)(C)C)=C(NC(C)(C)C)C1. The van der Waals surface area contributed by atoms with Gasteiger partial charge in [0, 0.05) is 22.5 Å². The van der Waals surface area contributed by atoms with E-state index in [0.717, 1.165) is 11.8 Å². The minimum absolute atomic E-state index is 0.145. The number of nitrogens with one attached hydrogen (secondary N) is 2. The van der Waals surface area contributed by atoms with Gasteiger partial charge < -0.3 is 10.6 Å². The molecular formula is C16H32N2. The van der Waals surface area contributed by atoms with Gasteiger partial charge in [-0.15, -0.1) is 0 Å². The summed E-state index contributed by atoms with van der Waals surface area (Å²) in [5.41, 5.74) is 3.14. The van der Waals surface area contributed by atoms with E-state index in [-0.39, 0.29) is 11.1 Å². The molecule has 0 heterocycles. The van der Waals surface area contributed by atoms with Crippen molar-refractivity contribution in [1.82, 2.24) is 10.6 Å². The van der Waals surface area contributed by atoms with Crippen LogP contribution in [0.4, 0.5) is 0 Å². The summed E-state index contributed by atoms with van der Waals surface area (Å²) < 4.78 is 0. The molecule has 0 amide bonds. The van der Waals surface area contributed by atoms with E-state index in [1.165, 1.54) is 24.2 Å². The fraction of sp³-hybridized carbons (Fsp3) is 0.875. The third kappa shape index (κ3) is 4.91. The summed E-state index contributed by atoms with van der Waals surface area (Å²) in [6.07, 6.45) is 2.38. The van der Waals surface area contributed by atoms with Gasteiger partial charge in [-0.25, -0.2) is 0 Å². The van der Waals surface area contributed by atoms with Crippen LogP contribution in [-0.2, 0) is 0 Å². The van der Waals surface area contributed by atoms with Crippen molar-refractivity contribution in [3.63, 3.8) is 0 Å². The third-order valence-corrected chi connectivity index (χ3v) is 3.29. The molecule has 18 heavy (non-hydrogen) atoms. The Balaban J connectivity index is 2.84. The van der Waals surface area contributed by atoms with Gasteiger partial charge in [0.2, 0.25) is 0 Å². The Kier molecular flexibility index (Phi) is 4.40. The van der Waals surface area contributed by atoms with Crippen molar-refractivity contribution in [2.45, 2.75) is 79.3 Å². The van der Waals surface area contributed by atoms with E-state index in [0.29, 0.717) is 0 Å². The van der Waals surface area contributed by atoms with Crippen LogP contribution in [0, 0.1) is 11.8 Å². The zero-order valence-corrected chi connectivity index (χ0v) is 13.6. The van der Waals surface area contributed by atoms with Crippen molar-refractivity contribution in [1.29, 1.82) is 0 Å². The summed E-state index contributed by atoms with van der Waals surface area (Å²) in [5, 5.41) is 7.39. The summed E-state index contributed by atoms with van der Waals surface area (Å²) in [6, 6.07) is 0. The van der Waals surface area contributed by atoms with Gasteiger partial charge in [0.15, 0.2) is 0 Å². The minimum Gasteiger partial charge on any atom is -0.382 e. The number of hydrogen-bond donors (Lipinski definition) is 2. The molecule has 0 fully saturated rings. The van der Waals surface area contributed by atoms with Crippen LogP contribution >= 0.6 is 0 Å². The van der Waals surface area contributed by atoms with E-state index in [4.69, 9.17) is 0 Å². The third-order valence-electron chi connectivity index (χ3n) is 3.29. The second kappa shape index (κ2) is 5.14. The highest BCUT2D eigenvalue weighted by molar-refractivity contribution is 5.21. The summed E-state index contributed by atoms with van der Waals surface area (Å²) >= 11 is 0. The summed E-state index contributed by atoms with van der Waals surface area (Å²) in [7, 11) is 0. The van der Waals surface area contributed by atoms with Gasteiger partial charge in [-0.2, -0.15) is 0 Å². The maximum atomic E-state index is 3.69.